The van der Waals surface area contributed by atoms with Crippen molar-refractivity contribution in [2.24, 2.45) is 0 Å². The third-order valence-electron chi connectivity index (χ3n) is 5.83. The van der Waals surface area contributed by atoms with E-state index in [1.165, 1.54) is 18.2 Å². The molecule has 0 saturated carbocycles. The van der Waals surface area contributed by atoms with Crippen molar-refractivity contribution >= 4 is 68.8 Å². The number of hydrogen-bond acceptors (Lipinski definition) is 7. The first kappa shape index (κ1) is 28.7. The summed E-state index contributed by atoms with van der Waals surface area (Å²) in [5, 5.41) is 8.99. The molecule has 13 heteroatoms. The van der Waals surface area contributed by atoms with Gasteiger partial charge in [0.2, 0.25) is 5.91 Å². The molecular weight excluding hydrogens is 565 g/mol. The summed E-state index contributed by atoms with van der Waals surface area (Å²) in [6, 6.07) is 11.0. The Kier molecular flexibility index (Phi) is 9.68. The van der Waals surface area contributed by atoms with Gasteiger partial charge in [-0.25, -0.2) is 18.3 Å². The Morgan fingerprint density at radius 1 is 1.08 bits per heavy atom. The van der Waals surface area contributed by atoms with Crippen LogP contribution in [0.15, 0.2) is 52.7 Å². The van der Waals surface area contributed by atoms with E-state index in [-0.39, 0.29) is 17.8 Å². The number of thiophene rings is 1. The second kappa shape index (κ2) is 13.2. The van der Waals surface area contributed by atoms with Crippen molar-refractivity contribution in [1.29, 1.82) is 0 Å². The lowest BCUT2D eigenvalue weighted by Crippen LogP contribution is -2.43. The Morgan fingerprint density at radius 2 is 1.87 bits per heavy atom. The minimum atomic E-state index is -1.84. The van der Waals surface area contributed by atoms with Gasteiger partial charge in [0.15, 0.2) is 11.0 Å². The Labute approximate surface area is 236 Å². The SMILES string of the molecule is CCCCNCCNc1ccc2c(c1)CC(=O)N(c1ccc(NC(=O)NS(=O)c3ccc(Cl)s3)cc1F)C2=O. The van der Waals surface area contributed by atoms with E-state index >= 15 is 4.39 Å². The van der Waals surface area contributed by atoms with Crippen molar-refractivity contribution in [1.82, 2.24) is 10.0 Å². The lowest BCUT2D eigenvalue weighted by molar-refractivity contribution is -0.117. The zero-order valence-electron chi connectivity index (χ0n) is 21.0. The van der Waals surface area contributed by atoms with Crippen LogP contribution in [-0.4, -0.2) is 41.7 Å². The van der Waals surface area contributed by atoms with Crippen LogP contribution in [0.25, 0.3) is 0 Å². The average Bonchev–Trinajstić information content (AvgIpc) is 3.33. The first-order chi connectivity index (χ1) is 18.8. The van der Waals surface area contributed by atoms with Crippen LogP contribution < -0.4 is 25.6 Å². The predicted octanol–water partition coefficient (Wildman–Crippen LogP) is 4.92. The molecule has 3 aromatic rings. The number of imide groups is 1. The van der Waals surface area contributed by atoms with Crippen LogP contribution in [-0.2, 0) is 22.2 Å². The molecule has 4 amide bonds. The number of benzene rings is 2. The maximum Gasteiger partial charge on any atom is 0.331 e. The highest BCUT2D eigenvalue weighted by atomic mass is 35.5. The van der Waals surface area contributed by atoms with Gasteiger partial charge in [0.1, 0.15) is 10.0 Å². The van der Waals surface area contributed by atoms with Crippen LogP contribution in [0.3, 0.4) is 0 Å². The molecule has 206 valence electrons. The highest BCUT2D eigenvalue weighted by Gasteiger charge is 2.34. The van der Waals surface area contributed by atoms with Gasteiger partial charge in [-0.2, -0.15) is 0 Å². The molecule has 1 unspecified atom stereocenters. The molecular formula is C26H27ClFN5O4S2. The number of carbonyl (C=O) groups is 3. The fourth-order valence-corrected chi connectivity index (χ4v) is 6.08. The van der Waals surface area contributed by atoms with E-state index < -0.39 is 34.6 Å². The zero-order valence-corrected chi connectivity index (χ0v) is 23.4. The minimum absolute atomic E-state index is 0.0483. The van der Waals surface area contributed by atoms with E-state index in [0.717, 1.165) is 53.9 Å². The predicted molar refractivity (Wildman–Crippen MR) is 153 cm³/mol. The topological polar surface area (TPSA) is 120 Å². The van der Waals surface area contributed by atoms with E-state index in [9.17, 15) is 18.6 Å². The van der Waals surface area contributed by atoms with Crippen LogP contribution in [0.2, 0.25) is 4.34 Å². The maximum atomic E-state index is 15.0. The highest BCUT2D eigenvalue weighted by molar-refractivity contribution is 7.86. The quantitative estimate of drug-likeness (QED) is 0.186. The summed E-state index contributed by atoms with van der Waals surface area (Å²) in [5.74, 6) is -2.07. The molecule has 0 saturated heterocycles. The van der Waals surface area contributed by atoms with Crippen molar-refractivity contribution in [2.45, 2.75) is 30.4 Å². The lowest BCUT2D eigenvalue weighted by atomic mass is 9.97. The summed E-state index contributed by atoms with van der Waals surface area (Å²) in [4.78, 5) is 39.1. The van der Waals surface area contributed by atoms with Crippen molar-refractivity contribution in [3.05, 3.63) is 69.8 Å². The molecule has 4 N–H and O–H groups in total. The number of anilines is 3. The summed E-state index contributed by atoms with van der Waals surface area (Å²) in [6.07, 6.45) is 2.18. The normalized spacial score (nSPS) is 13.7. The van der Waals surface area contributed by atoms with Crippen LogP contribution >= 0.6 is 22.9 Å². The number of carbonyl (C=O) groups excluding carboxylic acids is 3. The number of hydrogen-bond donors (Lipinski definition) is 4. The van der Waals surface area contributed by atoms with Gasteiger partial charge in [-0.1, -0.05) is 24.9 Å². The monoisotopic (exact) mass is 591 g/mol. The van der Waals surface area contributed by atoms with Crippen molar-refractivity contribution in [3.63, 3.8) is 0 Å². The fourth-order valence-electron chi connectivity index (χ4n) is 3.95. The van der Waals surface area contributed by atoms with E-state index in [0.29, 0.717) is 26.2 Å². The molecule has 0 radical (unpaired) electrons. The highest BCUT2D eigenvalue weighted by Crippen LogP contribution is 2.30. The summed E-state index contributed by atoms with van der Waals surface area (Å²) < 4.78 is 30.3. The molecule has 39 heavy (non-hydrogen) atoms. The van der Waals surface area contributed by atoms with Gasteiger partial charge in [0, 0.05) is 30.0 Å². The smallest absolute Gasteiger partial charge is 0.331 e. The van der Waals surface area contributed by atoms with E-state index in [1.807, 2.05) is 0 Å². The number of amides is 4. The van der Waals surface area contributed by atoms with Gasteiger partial charge in [0.25, 0.3) is 5.91 Å². The van der Waals surface area contributed by atoms with Crippen molar-refractivity contribution in [3.8, 4) is 0 Å². The fraction of sp³-hybridized carbons (Fsp3) is 0.269. The molecule has 4 rings (SSSR count). The van der Waals surface area contributed by atoms with Crippen molar-refractivity contribution in [2.75, 3.05) is 35.2 Å². The Hall–Kier alpha value is -3.32. The number of nitrogens with one attached hydrogen (secondary N) is 4. The van der Waals surface area contributed by atoms with Gasteiger partial charge in [-0.15, -0.1) is 11.3 Å². The second-order valence-electron chi connectivity index (χ2n) is 8.66. The number of nitrogens with zero attached hydrogens (tertiary/aromatic N) is 1. The van der Waals surface area contributed by atoms with Crippen LogP contribution in [0.4, 0.5) is 26.2 Å². The molecule has 2 heterocycles. The van der Waals surface area contributed by atoms with Gasteiger partial charge in [0.05, 0.1) is 16.4 Å². The van der Waals surface area contributed by atoms with Gasteiger partial charge >= 0.3 is 6.03 Å². The minimum Gasteiger partial charge on any atom is -0.384 e. The lowest BCUT2D eigenvalue weighted by Gasteiger charge is -2.27. The van der Waals surface area contributed by atoms with Gasteiger partial charge in [-0.05, 0) is 67.1 Å². The molecule has 0 aliphatic carbocycles. The average molecular weight is 592 g/mol. The number of unbranched alkanes of at least 4 members (excludes halogenated alkanes) is 1. The summed E-state index contributed by atoms with van der Waals surface area (Å²) in [6.45, 7) is 4.57. The first-order valence-corrected chi connectivity index (χ1v) is 14.6. The molecule has 1 aliphatic rings. The summed E-state index contributed by atoms with van der Waals surface area (Å²) >= 11 is 6.87. The maximum absolute atomic E-state index is 15.0. The third kappa shape index (κ3) is 7.21. The van der Waals surface area contributed by atoms with Crippen LogP contribution in [0.1, 0.15) is 35.7 Å². The first-order valence-electron chi connectivity index (χ1n) is 12.3. The molecule has 2 aromatic carbocycles. The summed E-state index contributed by atoms with van der Waals surface area (Å²) in [7, 11) is -1.84. The molecule has 1 aliphatic heterocycles. The molecule has 1 atom stereocenters. The summed E-state index contributed by atoms with van der Waals surface area (Å²) in [5.41, 5.74) is 1.51. The number of halogens is 2. The molecule has 0 fully saturated rings. The van der Waals surface area contributed by atoms with Crippen LogP contribution in [0.5, 0.6) is 0 Å². The third-order valence-corrected chi connectivity index (χ3v) is 8.43. The van der Waals surface area contributed by atoms with E-state index in [1.54, 1.807) is 24.3 Å². The Morgan fingerprint density at radius 3 is 2.59 bits per heavy atom. The molecule has 0 bridgehead atoms. The Bertz CT molecular complexity index is 1420. The number of fused-ring (bicyclic) bond motifs is 1. The molecule has 0 spiro atoms. The van der Waals surface area contributed by atoms with E-state index in [2.05, 4.69) is 27.6 Å². The number of urea groups is 1. The van der Waals surface area contributed by atoms with Crippen molar-refractivity contribution < 1.29 is 23.0 Å². The second-order valence-corrected chi connectivity index (χ2v) is 11.8. The van der Waals surface area contributed by atoms with Crippen LogP contribution in [0, 0.1) is 5.82 Å². The Balaban J connectivity index is 1.39. The standard InChI is InChI=1S/C26H27ClFN5O4S2/c1-2-3-10-29-11-12-30-17-4-6-19-16(13-17)14-23(34)33(25(19)35)21-7-5-18(15-20(21)28)31-26(36)32-39(37)24-9-8-22(27)38-24/h4-9,13,15,29-30H,2-3,10-12,14H2,1H3,(H2,31,32,36). The van der Waals surface area contributed by atoms with Gasteiger partial charge < -0.3 is 16.0 Å². The largest absolute Gasteiger partial charge is 0.384 e. The van der Waals surface area contributed by atoms with Gasteiger partial charge in [-0.3, -0.25) is 14.3 Å². The molecule has 1 aromatic heterocycles. The molecule has 9 nitrogen and oxygen atoms in total. The zero-order chi connectivity index (χ0) is 27.9. The number of rotatable bonds is 11. The van der Waals surface area contributed by atoms with E-state index in [4.69, 9.17) is 11.6 Å².